The fraction of sp³-hybridized carbons (Fsp3) is 0.227. The highest BCUT2D eigenvalue weighted by molar-refractivity contribution is 5.93. The maximum absolute atomic E-state index is 13.4. The van der Waals surface area contributed by atoms with Gasteiger partial charge < -0.3 is 15.1 Å². The molecule has 162 valence electrons. The van der Waals surface area contributed by atoms with Crippen molar-refractivity contribution in [1.29, 1.82) is 0 Å². The van der Waals surface area contributed by atoms with E-state index in [9.17, 15) is 22.8 Å². The molecule has 3 aromatic rings. The number of amides is 2. The van der Waals surface area contributed by atoms with Crippen molar-refractivity contribution in [3.63, 3.8) is 0 Å². The smallest absolute Gasteiger partial charge is 0.418 e. The molecule has 0 aliphatic heterocycles. The molecule has 0 spiro atoms. The van der Waals surface area contributed by atoms with E-state index in [1.54, 1.807) is 6.20 Å². The average Bonchev–Trinajstić information content (AvgIpc) is 3.16. The Morgan fingerprint density at radius 3 is 2.42 bits per heavy atom. The number of carbonyl (C=O) groups is 2. The lowest BCUT2D eigenvalue weighted by Crippen LogP contribution is -2.17. The van der Waals surface area contributed by atoms with E-state index in [0.717, 1.165) is 23.3 Å². The average molecular weight is 431 g/mol. The number of benzene rings is 2. The first kappa shape index (κ1) is 22.1. The predicted octanol–water partition coefficient (Wildman–Crippen LogP) is 5.20. The summed E-state index contributed by atoms with van der Waals surface area (Å²) in [7, 11) is 0. The van der Waals surface area contributed by atoms with Gasteiger partial charge in [-0.3, -0.25) is 9.59 Å². The quantitative estimate of drug-likeness (QED) is 0.562. The van der Waals surface area contributed by atoms with E-state index in [2.05, 4.69) is 15.6 Å². The molecule has 0 saturated carbocycles. The Hall–Kier alpha value is -3.62. The number of alkyl halides is 3. The molecule has 2 amide bonds. The number of carbonyl (C=O) groups excluding carboxylic acids is 2. The summed E-state index contributed by atoms with van der Waals surface area (Å²) < 4.78 is 45.7. The highest BCUT2D eigenvalue weighted by Gasteiger charge is 2.34. The molecule has 0 saturated heterocycles. The van der Waals surface area contributed by atoms with Crippen molar-refractivity contribution < 1.29 is 27.2 Å². The summed E-state index contributed by atoms with van der Waals surface area (Å²) in [5.74, 6) is -0.264. The van der Waals surface area contributed by atoms with Crippen LogP contribution in [0.1, 0.15) is 30.4 Å². The molecule has 0 unspecified atom stereocenters. The fourth-order valence-corrected chi connectivity index (χ4v) is 2.88. The highest BCUT2D eigenvalue weighted by Crippen LogP contribution is 2.36. The number of nitrogens with one attached hydrogen (secondary N) is 2. The summed E-state index contributed by atoms with van der Waals surface area (Å²) in [6.07, 6.45) is -3.15. The Labute approximate surface area is 176 Å². The summed E-state index contributed by atoms with van der Waals surface area (Å²) in [5.41, 5.74) is 0.483. The van der Waals surface area contributed by atoms with Crippen LogP contribution in [0.4, 0.5) is 24.5 Å². The Morgan fingerprint density at radius 2 is 1.77 bits per heavy atom. The van der Waals surface area contributed by atoms with Crippen LogP contribution in [0.3, 0.4) is 0 Å². The van der Waals surface area contributed by atoms with Crippen LogP contribution >= 0.6 is 0 Å². The predicted molar refractivity (Wildman–Crippen MR) is 109 cm³/mol. The van der Waals surface area contributed by atoms with Crippen molar-refractivity contribution in [2.24, 2.45) is 0 Å². The number of aromatic nitrogens is 1. The number of hydrogen-bond acceptors (Lipinski definition) is 4. The lowest BCUT2D eigenvalue weighted by atomic mass is 10.1. The third-order valence-corrected chi connectivity index (χ3v) is 4.38. The second kappa shape index (κ2) is 9.03. The molecule has 0 aliphatic carbocycles. The Balaban J connectivity index is 1.66. The van der Waals surface area contributed by atoms with Gasteiger partial charge in [0.15, 0.2) is 11.7 Å². The first-order valence-corrected chi connectivity index (χ1v) is 9.42. The normalized spacial score (nSPS) is 11.3. The number of halogens is 3. The van der Waals surface area contributed by atoms with Crippen molar-refractivity contribution in [2.45, 2.75) is 32.9 Å². The lowest BCUT2D eigenvalue weighted by molar-refractivity contribution is -0.137. The monoisotopic (exact) mass is 431 g/mol. The fourth-order valence-electron chi connectivity index (χ4n) is 2.88. The van der Waals surface area contributed by atoms with Crippen molar-refractivity contribution in [3.05, 3.63) is 65.7 Å². The van der Waals surface area contributed by atoms with E-state index >= 15 is 0 Å². The van der Waals surface area contributed by atoms with Gasteiger partial charge in [0.1, 0.15) is 0 Å². The second-order valence-corrected chi connectivity index (χ2v) is 6.97. The van der Waals surface area contributed by atoms with Gasteiger partial charge in [0.05, 0.1) is 17.4 Å². The zero-order chi connectivity index (χ0) is 22.6. The van der Waals surface area contributed by atoms with Gasteiger partial charge in [-0.1, -0.05) is 29.8 Å². The van der Waals surface area contributed by atoms with E-state index in [-0.39, 0.29) is 24.2 Å². The molecule has 2 aromatic carbocycles. The van der Waals surface area contributed by atoms with Crippen molar-refractivity contribution in [2.75, 3.05) is 10.6 Å². The minimum atomic E-state index is -4.71. The van der Waals surface area contributed by atoms with E-state index in [0.29, 0.717) is 11.7 Å². The molecule has 9 heteroatoms. The van der Waals surface area contributed by atoms with E-state index in [4.69, 9.17) is 4.42 Å². The molecule has 0 aliphatic rings. The number of hydrogen-bond donors (Lipinski definition) is 2. The third-order valence-electron chi connectivity index (χ3n) is 4.38. The van der Waals surface area contributed by atoms with E-state index in [1.807, 2.05) is 31.2 Å². The molecule has 0 atom stereocenters. The van der Waals surface area contributed by atoms with Gasteiger partial charge in [-0.15, -0.1) is 0 Å². The standard InChI is InChI=1S/C22H20F3N3O3/c1-13-3-5-15(6-4-13)19-12-26-21(31-19)10-9-20(30)28-18-8-7-16(27-14(2)29)11-17(18)22(23,24)25/h3-8,11-12H,9-10H2,1-2H3,(H,27,29)(H,28,30). The minimum Gasteiger partial charge on any atom is -0.441 e. The van der Waals surface area contributed by atoms with E-state index in [1.165, 1.54) is 13.0 Å². The molecule has 31 heavy (non-hydrogen) atoms. The van der Waals surface area contributed by atoms with Gasteiger partial charge in [-0.2, -0.15) is 13.2 Å². The summed E-state index contributed by atoms with van der Waals surface area (Å²) in [5, 5.41) is 4.56. The van der Waals surface area contributed by atoms with Gasteiger partial charge in [0.2, 0.25) is 11.8 Å². The van der Waals surface area contributed by atoms with Crippen molar-refractivity contribution >= 4 is 23.2 Å². The molecule has 3 rings (SSSR count). The van der Waals surface area contributed by atoms with Crippen LogP contribution in [-0.2, 0) is 22.2 Å². The summed E-state index contributed by atoms with van der Waals surface area (Å²) in [4.78, 5) is 27.4. The number of aryl methyl sites for hydroxylation is 2. The molecular weight excluding hydrogens is 411 g/mol. The topological polar surface area (TPSA) is 84.2 Å². The maximum atomic E-state index is 13.4. The molecule has 6 nitrogen and oxygen atoms in total. The summed E-state index contributed by atoms with van der Waals surface area (Å²) >= 11 is 0. The zero-order valence-electron chi connectivity index (χ0n) is 16.8. The number of nitrogens with zero attached hydrogens (tertiary/aromatic N) is 1. The maximum Gasteiger partial charge on any atom is 0.418 e. The molecule has 1 heterocycles. The van der Waals surface area contributed by atoms with Crippen LogP contribution in [-0.4, -0.2) is 16.8 Å². The van der Waals surface area contributed by atoms with E-state index < -0.39 is 23.6 Å². The van der Waals surface area contributed by atoms with Gasteiger partial charge in [0.25, 0.3) is 0 Å². The zero-order valence-corrected chi connectivity index (χ0v) is 16.8. The number of rotatable bonds is 6. The van der Waals surface area contributed by atoms with Crippen molar-refractivity contribution in [3.8, 4) is 11.3 Å². The van der Waals surface area contributed by atoms with Crippen LogP contribution in [0.15, 0.2) is 53.1 Å². The van der Waals surface area contributed by atoms with Crippen LogP contribution in [0, 0.1) is 6.92 Å². The highest BCUT2D eigenvalue weighted by atomic mass is 19.4. The molecule has 0 bridgehead atoms. The van der Waals surface area contributed by atoms with Crippen LogP contribution in [0.2, 0.25) is 0 Å². The van der Waals surface area contributed by atoms with Gasteiger partial charge in [-0.25, -0.2) is 4.98 Å². The Kier molecular flexibility index (Phi) is 6.43. The first-order valence-electron chi connectivity index (χ1n) is 9.42. The molecule has 0 fully saturated rings. The van der Waals surface area contributed by atoms with Crippen LogP contribution < -0.4 is 10.6 Å². The Bertz CT molecular complexity index is 1090. The van der Waals surface area contributed by atoms with Gasteiger partial charge in [0, 0.05) is 31.0 Å². The third kappa shape index (κ3) is 5.94. The summed E-state index contributed by atoms with van der Waals surface area (Å²) in [6, 6.07) is 10.8. The SMILES string of the molecule is CC(=O)Nc1ccc(NC(=O)CCc2ncc(-c3ccc(C)cc3)o2)c(C(F)(F)F)c1. The molecule has 1 aromatic heterocycles. The molecule has 2 N–H and O–H groups in total. The largest absolute Gasteiger partial charge is 0.441 e. The summed E-state index contributed by atoms with van der Waals surface area (Å²) in [6.45, 7) is 3.15. The van der Waals surface area contributed by atoms with Crippen LogP contribution in [0.25, 0.3) is 11.3 Å². The Morgan fingerprint density at radius 1 is 1.06 bits per heavy atom. The van der Waals surface area contributed by atoms with Crippen molar-refractivity contribution in [1.82, 2.24) is 4.98 Å². The van der Waals surface area contributed by atoms with Gasteiger partial charge >= 0.3 is 6.18 Å². The molecular formula is C22H20F3N3O3. The number of anilines is 2. The molecule has 0 radical (unpaired) electrons. The second-order valence-electron chi connectivity index (χ2n) is 6.97. The number of oxazole rings is 1. The van der Waals surface area contributed by atoms with Crippen LogP contribution in [0.5, 0.6) is 0 Å². The minimum absolute atomic E-state index is 0.0127. The van der Waals surface area contributed by atoms with Gasteiger partial charge in [-0.05, 0) is 25.1 Å². The first-order chi connectivity index (χ1) is 14.6. The lowest BCUT2D eigenvalue weighted by Gasteiger charge is -2.15.